The highest BCUT2D eigenvalue weighted by atomic mass is 32.2. The molecule has 1 aliphatic carbocycles. The van der Waals surface area contributed by atoms with E-state index in [-0.39, 0.29) is 40.4 Å². The summed E-state index contributed by atoms with van der Waals surface area (Å²) in [7, 11) is -3.14. The molecule has 2 N–H and O–H groups in total. The van der Waals surface area contributed by atoms with Crippen molar-refractivity contribution in [1.29, 1.82) is 0 Å². The minimum Gasteiger partial charge on any atom is -0.335 e. The zero-order valence-electron chi connectivity index (χ0n) is 12.9. The predicted octanol–water partition coefficient (Wildman–Crippen LogP) is 0.281. The number of amides is 1. The largest absolute Gasteiger partial charge is 0.453 e. The molecule has 1 saturated carbocycles. The van der Waals surface area contributed by atoms with Gasteiger partial charge in [0.15, 0.2) is 9.84 Å². The highest BCUT2D eigenvalue weighted by Crippen LogP contribution is 2.33. The van der Waals surface area contributed by atoms with Crippen molar-refractivity contribution in [3.63, 3.8) is 0 Å². The molecule has 2 fully saturated rings. The van der Waals surface area contributed by atoms with Crippen LogP contribution in [0.2, 0.25) is 0 Å². The molecule has 3 rings (SSSR count). The van der Waals surface area contributed by atoms with Crippen LogP contribution in [-0.4, -0.2) is 63.4 Å². The number of nitrogens with two attached hydrogens (primary N) is 1. The van der Waals surface area contributed by atoms with Gasteiger partial charge in [-0.1, -0.05) is 11.8 Å². The SMILES string of the molecule is Nn1c(SCC(=O)N(C2CC2)C2CCS(=O)(=O)C2)nnc1C(F)(F)F. The Morgan fingerprint density at radius 1 is 1.28 bits per heavy atom. The van der Waals surface area contributed by atoms with Crippen molar-refractivity contribution in [2.75, 3.05) is 23.1 Å². The van der Waals surface area contributed by atoms with Gasteiger partial charge in [0.25, 0.3) is 5.82 Å². The molecule has 0 aromatic carbocycles. The summed E-state index contributed by atoms with van der Waals surface area (Å²) >= 11 is 0.748. The number of carbonyl (C=O) groups is 1. The molecule has 2 aliphatic rings. The second-order valence-corrected chi connectivity index (χ2v) is 9.22. The fraction of sp³-hybridized carbons (Fsp3) is 0.750. The first-order valence-corrected chi connectivity index (χ1v) is 10.3. The van der Waals surface area contributed by atoms with Crippen LogP contribution in [0.25, 0.3) is 0 Å². The second kappa shape index (κ2) is 6.34. The lowest BCUT2D eigenvalue weighted by atomic mass is 10.2. The lowest BCUT2D eigenvalue weighted by Crippen LogP contribution is -2.43. The molecule has 0 radical (unpaired) electrons. The van der Waals surface area contributed by atoms with Crippen molar-refractivity contribution >= 4 is 27.5 Å². The van der Waals surface area contributed by atoms with Gasteiger partial charge in [-0.15, -0.1) is 10.2 Å². The summed E-state index contributed by atoms with van der Waals surface area (Å²) in [6.07, 6.45) is -2.74. The summed E-state index contributed by atoms with van der Waals surface area (Å²) in [6.45, 7) is 0. The van der Waals surface area contributed by atoms with Crippen molar-refractivity contribution in [3.05, 3.63) is 5.82 Å². The average molecular weight is 399 g/mol. The minimum absolute atomic E-state index is 0.00730. The Labute approximate surface area is 145 Å². The first kappa shape index (κ1) is 18.3. The Hall–Kier alpha value is -1.50. The van der Waals surface area contributed by atoms with Gasteiger partial charge in [0, 0.05) is 12.1 Å². The number of nitrogen functional groups attached to an aromatic ring is 1. The number of carbonyl (C=O) groups excluding carboxylic acids is 1. The van der Waals surface area contributed by atoms with Crippen LogP contribution >= 0.6 is 11.8 Å². The number of thioether (sulfide) groups is 1. The van der Waals surface area contributed by atoms with Crippen molar-refractivity contribution < 1.29 is 26.4 Å². The molecule has 0 bridgehead atoms. The highest BCUT2D eigenvalue weighted by Gasteiger charge is 2.42. The highest BCUT2D eigenvalue weighted by molar-refractivity contribution is 7.99. The molecule has 1 aromatic rings. The predicted molar refractivity (Wildman–Crippen MR) is 82.8 cm³/mol. The Morgan fingerprint density at radius 3 is 2.44 bits per heavy atom. The van der Waals surface area contributed by atoms with Crippen LogP contribution in [0, 0.1) is 0 Å². The topological polar surface area (TPSA) is 111 Å². The van der Waals surface area contributed by atoms with Gasteiger partial charge in [0.05, 0.1) is 17.3 Å². The molecular formula is C12H16F3N5O3S2. The Morgan fingerprint density at radius 2 is 1.96 bits per heavy atom. The summed E-state index contributed by atoms with van der Waals surface area (Å²) in [5, 5.41) is 6.12. The van der Waals surface area contributed by atoms with E-state index < -0.39 is 21.8 Å². The number of hydrogen-bond acceptors (Lipinski definition) is 7. The summed E-state index contributed by atoms with van der Waals surface area (Å²) < 4.78 is 61.5. The molecule has 140 valence electrons. The van der Waals surface area contributed by atoms with Crippen LogP contribution in [0.1, 0.15) is 25.1 Å². The fourth-order valence-corrected chi connectivity index (χ4v) is 5.26. The van der Waals surface area contributed by atoms with Crippen LogP contribution < -0.4 is 5.84 Å². The summed E-state index contributed by atoms with van der Waals surface area (Å²) in [5.74, 6) is 3.46. The third-order valence-corrected chi connectivity index (χ3v) is 6.75. The van der Waals surface area contributed by atoms with E-state index in [1.807, 2.05) is 0 Å². The average Bonchev–Trinajstić information content (AvgIpc) is 3.14. The van der Waals surface area contributed by atoms with E-state index in [0.29, 0.717) is 11.1 Å². The van der Waals surface area contributed by atoms with Gasteiger partial charge in [0.1, 0.15) is 0 Å². The molecule has 1 atom stereocenters. The summed E-state index contributed by atoms with van der Waals surface area (Å²) in [4.78, 5) is 14.1. The second-order valence-electron chi connectivity index (χ2n) is 6.05. The third kappa shape index (κ3) is 4.02. The van der Waals surface area contributed by atoms with E-state index in [1.165, 1.54) is 0 Å². The Kier molecular flexibility index (Phi) is 4.64. The normalized spacial score (nSPS) is 22.9. The lowest BCUT2D eigenvalue weighted by Gasteiger charge is -2.28. The molecule has 1 amide bonds. The van der Waals surface area contributed by atoms with Crippen LogP contribution in [0.3, 0.4) is 0 Å². The maximum absolute atomic E-state index is 12.6. The number of aromatic nitrogens is 3. The van der Waals surface area contributed by atoms with Gasteiger partial charge in [-0.3, -0.25) is 4.79 Å². The lowest BCUT2D eigenvalue weighted by molar-refractivity contribution is -0.146. The third-order valence-electron chi connectivity index (χ3n) is 4.07. The van der Waals surface area contributed by atoms with E-state index >= 15 is 0 Å². The first-order chi connectivity index (χ1) is 11.6. The quantitative estimate of drug-likeness (QED) is 0.559. The van der Waals surface area contributed by atoms with Crippen LogP contribution in [-0.2, 0) is 20.8 Å². The van der Waals surface area contributed by atoms with Crippen molar-refractivity contribution in [1.82, 2.24) is 19.8 Å². The number of halogens is 3. The van der Waals surface area contributed by atoms with E-state index in [2.05, 4.69) is 10.2 Å². The van der Waals surface area contributed by atoms with E-state index in [4.69, 9.17) is 5.84 Å². The van der Waals surface area contributed by atoms with Gasteiger partial charge < -0.3 is 10.7 Å². The van der Waals surface area contributed by atoms with Gasteiger partial charge >= 0.3 is 6.18 Å². The standard InChI is InChI=1S/C12H16F3N5O3S2/c13-12(14,15)10-17-18-11(20(10)16)24-5-9(21)19(7-1-2-7)8-3-4-25(22,23)6-8/h7-8H,1-6,16H2. The number of hydrogen-bond donors (Lipinski definition) is 1. The fourth-order valence-electron chi connectivity index (χ4n) is 2.82. The zero-order valence-corrected chi connectivity index (χ0v) is 14.6. The first-order valence-electron chi connectivity index (χ1n) is 7.50. The number of nitrogens with zero attached hydrogens (tertiary/aromatic N) is 4. The molecule has 1 aromatic heterocycles. The molecule has 1 aliphatic heterocycles. The van der Waals surface area contributed by atoms with Gasteiger partial charge in [-0.25, -0.2) is 13.1 Å². The minimum atomic E-state index is -4.73. The van der Waals surface area contributed by atoms with Crippen LogP contribution in [0.5, 0.6) is 0 Å². The summed E-state index contributed by atoms with van der Waals surface area (Å²) in [5.41, 5.74) is 0. The Balaban J connectivity index is 1.66. The molecule has 0 spiro atoms. The van der Waals surface area contributed by atoms with Crippen molar-refractivity contribution in [3.8, 4) is 0 Å². The van der Waals surface area contributed by atoms with Gasteiger partial charge in [-0.2, -0.15) is 13.2 Å². The van der Waals surface area contributed by atoms with Crippen molar-refractivity contribution in [2.24, 2.45) is 0 Å². The van der Waals surface area contributed by atoms with E-state index in [1.54, 1.807) is 4.90 Å². The monoisotopic (exact) mass is 399 g/mol. The summed E-state index contributed by atoms with van der Waals surface area (Å²) in [6, 6.07) is -0.361. The molecule has 2 heterocycles. The van der Waals surface area contributed by atoms with Gasteiger partial charge in [0.2, 0.25) is 11.1 Å². The number of alkyl halides is 3. The Bertz CT molecular complexity index is 775. The van der Waals surface area contributed by atoms with E-state index in [9.17, 15) is 26.4 Å². The number of rotatable bonds is 5. The van der Waals surface area contributed by atoms with E-state index in [0.717, 1.165) is 24.6 Å². The zero-order chi connectivity index (χ0) is 18.4. The molecule has 1 saturated heterocycles. The molecular weight excluding hydrogens is 383 g/mol. The van der Waals surface area contributed by atoms with Crippen LogP contribution in [0.4, 0.5) is 13.2 Å². The smallest absolute Gasteiger partial charge is 0.335 e. The maximum atomic E-state index is 12.6. The molecule has 13 heteroatoms. The number of sulfone groups is 1. The van der Waals surface area contributed by atoms with Gasteiger partial charge in [-0.05, 0) is 19.3 Å². The maximum Gasteiger partial charge on any atom is 0.453 e. The molecule has 8 nitrogen and oxygen atoms in total. The molecule has 25 heavy (non-hydrogen) atoms. The van der Waals surface area contributed by atoms with Crippen LogP contribution in [0.15, 0.2) is 5.16 Å². The molecule has 1 unspecified atom stereocenters. The van der Waals surface area contributed by atoms with Crippen molar-refractivity contribution in [2.45, 2.75) is 42.7 Å².